The Kier molecular flexibility index (Phi) is 3.75. The third kappa shape index (κ3) is 2.39. The van der Waals surface area contributed by atoms with Crippen LogP contribution in [0.1, 0.15) is 60.4 Å². The lowest BCUT2D eigenvalue weighted by Gasteiger charge is -2.45. The molecule has 3 fully saturated rings. The van der Waals surface area contributed by atoms with E-state index in [1.165, 1.54) is 6.42 Å². The van der Waals surface area contributed by atoms with Crippen LogP contribution in [-0.4, -0.2) is 52.0 Å². The van der Waals surface area contributed by atoms with Crippen molar-refractivity contribution in [3.8, 4) is 0 Å². The Bertz CT molecular complexity index is 670. The molecule has 6 heteroatoms. The van der Waals surface area contributed by atoms with Crippen molar-refractivity contribution in [2.75, 3.05) is 24.5 Å². The van der Waals surface area contributed by atoms with E-state index >= 15 is 0 Å². The number of amides is 1. The quantitative estimate of drug-likeness (QED) is 0.895. The molecule has 2 saturated heterocycles. The molecule has 0 unspecified atom stereocenters. The summed E-state index contributed by atoms with van der Waals surface area (Å²) in [5.74, 6) is 1.27. The molecule has 1 amide bonds. The SMILES string of the molecule is Cc1nc(C(=O)N2CCCC23CCC3)nc(N2CC[C@@H](N)C2)c1C. The minimum atomic E-state index is 0.0139. The van der Waals surface area contributed by atoms with Gasteiger partial charge in [0.1, 0.15) is 5.82 Å². The number of hydrogen-bond donors (Lipinski definition) is 1. The number of anilines is 1. The highest BCUT2D eigenvalue weighted by atomic mass is 16.2. The Balaban J connectivity index is 1.65. The monoisotopic (exact) mass is 329 g/mol. The zero-order valence-electron chi connectivity index (χ0n) is 14.7. The normalized spacial score (nSPS) is 25.4. The van der Waals surface area contributed by atoms with Gasteiger partial charge in [0, 0.05) is 42.5 Å². The van der Waals surface area contributed by atoms with Crippen molar-refractivity contribution in [2.45, 2.75) is 64.0 Å². The Morgan fingerprint density at radius 1 is 1.17 bits per heavy atom. The average Bonchev–Trinajstić information content (AvgIpc) is 3.15. The number of aromatic nitrogens is 2. The second-order valence-electron chi connectivity index (χ2n) is 7.71. The van der Waals surface area contributed by atoms with Crippen molar-refractivity contribution in [1.29, 1.82) is 0 Å². The number of rotatable bonds is 2. The van der Waals surface area contributed by atoms with E-state index in [0.717, 1.165) is 68.8 Å². The maximum Gasteiger partial charge on any atom is 0.292 e. The fourth-order valence-corrected chi connectivity index (χ4v) is 4.48. The minimum absolute atomic E-state index is 0.0139. The molecule has 0 bridgehead atoms. The molecule has 3 heterocycles. The minimum Gasteiger partial charge on any atom is -0.355 e. The Hall–Kier alpha value is -1.69. The topological polar surface area (TPSA) is 75.4 Å². The summed E-state index contributed by atoms with van der Waals surface area (Å²) in [5, 5.41) is 0. The molecular weight excluding hydrogens is 302 g/mol. The van der Waals surface area contributed by atoms with Crippen LogP contribution >= 0.6 is 0 Å². The lowest BCUT2D eigenvalue weighted by molar-refractivity contribution is 0.0355. The second kappa shape index (κ2) is 5.69. The number of hydrogen-bond acceptors (Lipinski definition) is 5. The summed E-state index contributed by atoms with van der Waals surface area (Å²) in [4.78, 5) is 26.6. The van der Waals surface area contributed by atoms with E-state index in [0.29, 0.717) is 5.82 Å². The first kappa shape index (κ1) is 15.8. The van der Waals surface area contributed by atoms with Gasteiger partial charge < -0.3 is 15.5 Å². The number of likely N-dealkylation sites (tertiary alicyclic amines) is 1. The fraction of sp³-hybridized carbons (Fsp3) is 0.722. The van der Waals surface area contributed by atoms with Crippen LogP contribution in [0, 0.1) is 13.8 Å². The zero-order valence-corrected chi connectivity index (χ0v) is 14.7. The molecule has 4 rings (SSSR count). The van der Waals surface area contributed by atoms with Gasteiger partial charge in [-0.25, -0.2) is 9.97 Å². The van der Waals surface area contributed by atoms with Crippen molar-refractivity contribution >= 4 is 11.7 Å². The summed E-state index contributed by atoms with van der Waals surface area (Å²) in [6.45, 7) is 6.56. The van der Waals surface area contributed by atoms with Crippen molar-refractivity contribution in [1.82, 2.24) is 14.9 Å². The molecule has 1 saturated carbocycles. The van der Waals surface area contributed by atoms with Gasteiger partial charge in [-0.1, -0.05) is 0 Å². The molecule has 3 aliphatic rings. The summed E-state index contributed by atoms with van der Waals surface area (Å²) in [7, 11) is 0. The number of carbonyl (C=O) groups excluding carboxylic acids is 1. The molecular formula is C18H27N5O. The third-order valence-corrected chi connectivity index (χ3v) is 6.20. The molecule has 0 radical (unpaired) electrons. The molecule has 1 spiro atoms. The van der Waals surface area contributed by atoms with Gasteiger partial charge in [0.2, 0.25) is 5.82 Å². The van der Waals surface area contributed by atoms with E-state index in [4.69, 9.17) is 5.73 Å². The first-order valence-electron chi connectivity index (χ1n) is 9.18. The van der Waals surface area contributed by atoms with Gasteiger partial charge in [0.05, 0.1) is 0 Å². The maximum absolute atomic E-state index is 13.1. The van der Waals surface area contributed by atoms with E-state index in [9.17, 15) is 4.79 Å². The van der Waals surface area contributed by atoms with E-state index in [1.807, 2.05) is 13.8 Å². The first-order chi connectivity index (χ1) is 11.5. The van der Waals surface area contributed by atoms with Crippen molar-refractivity contribution < 1.29 is 4.79 Å². The highest BCUT2D eigenvalue weighted by Gasteiger charge is 2.48. The molecule has 2 N–H and O–H groups in total. The fourth-order valence-electron chi connectivity index (χ4n) is 4.48. The molecule has 1 aromatic rings. The third-order valence-electron chi connectivity index (χ3n) is 6.20. The highest BCUT2D eigenvalue weighted by molar-refractivity contribution is 5.92. The summed E-state index contributed by atoms with van der Waals surface area (Å²) in [6.07, 6.45) is 6.71. The van der Waals surface area contributed by atoms with Crippen molar-refractivity contribution in [3.63, 3.8) is 0 Å². The van der Waals surface area contributed by atoms with Crippen molar-refractivity contribution in [2.24, 2.45) is 5.73 Å². The van der Waals surface area contributed by atoms with Gasteiger partial charge in [-0.05, 0) is 52.4 Å². The predicted octanol–water partition coefficient (Wildman–Crippen LogP) is 1.79. The molecule has 0 aromatic carbocycles. The number of nitrogens with two attached hydrogens (primary N) is 1. The average molecular weight is 329 g/mol. The van der Waals surface area contributed by atoms with E-state index in [1.54, 1.807) is 0 Å². The van der Waals surface area contributed by atoms with Crippen LogP contribution in [0.3, 0.4) is 0 Å². The molecule has 1 aliphatic carbocycles. The van der Waals surface area contributed by atoms with Gasteiger partial charge >= 0.3 is 0 Å². The van der Waals surface area contributed by atoms with Crippen LogP contribution in [0.4, 0.5) is 5.82 Å². The predicted molar refractivity (Wildman–Crippen MR) is 93.2 cm³/mol. The lowest BCUT2D eigenvalue weighted by atomic mass is 9.75. The summed E-state index contributed by atoms with van der Waals surface area (Å²) >= 11 is 0. The largest absolute Gasteiger partial charge is 0.355 e. The zero-order chi connectivity index (χ0) is 16.9. The summed E-state index contributed by atoms with van der Waals surface area (Å²) in [6, 6.07) is 0.190. The highest BCUT2D eigenvalue weighted by Crippen LogP contribution is 2.45. The summed E-state index contributed by atoms with van der Waals surface area (Å²) < 4.78 is 0. The number of aryl methyl sites for hydroxylation is 1. The van der Waals surface area contributed by atoms with E-state index in [-0.39, 0.29) is 17.5 Å². The standard InChI is InChI=1S/C18H27N5O/c1-12-13(2)20-15(21-16(12)22-10-5-14(19)11-22)17(24)23-9-4-8-18(23)6-3-7-18/h14H,3-11,19H2,1-2H3/t14-/m1/s1. The van der Waals surface area contributed by atoms with Crippen LogP contribution in [0.25, 0.3) is 0 Å². The van der Waals surface area contributed by atoms with Crippen LogP contribution in [0.15, 0.2) is 0 Å². The van der Waals surface area contributed by atoms with Gasteiger partial charge in [0.25, 0.3) is 5.91 Å². The lowest BCUT2D eigenvalue weighted by Crippen LogP contribution is -2.52. The van der Waals surface area contributed by atoms with E-state index < -0.39 is 0 Å². The Morgan fingerprint density at radius 2 is 1.92 bits per heavy atom. The molecule has 24 heavy (non-hydrogen) atoms. The Morgan fingerprint density at radius 3 is 2.54 bits per heavy atom. The van der Waals surface area contributed by atoms with Crippen LogP contribution in [-0.2, 0) is 0 Å². The van der Waals surface area contributed by atoms with Gasteiger partial charge in [-0.2, -0.15) is 0 Å². The Labute approximate surface area is 143 Å². The van der Waals surface area contributed by atoms with Crippen LogP contribution in [0.2, 0.25) is 0 Å². The molecule has 2 aliphatic heterocycles. The van der Waals surface area contributed by atoms with Crippen LogP contribution < -0.4 is 10.6 Å². The van der Waals surface area contributed by atoms with E-state index in [2.05, 4.69) is 19.8 Å². The molecule has 6 nitrogen and oxygen atoms in total. The van der Waals surface area contributed by atoms with Gasteiger partial charge in [-0.3, -0.25) is 4.79 Å². The van der Waals surface area contributed by atoms with Gasteiger partial charge in [0.15, 0.2) is 0 Å². The first-order valence-corrected chi connectivity index (χ1v) is 9.18. The number of carbonyl (C=O) groups is 1. The van der Waals surface area contributed by atoms with Crippen LogP contribution in [0.5, 0.6) is 0 Å². The molecule has 1 aromatic heterocycles. The smallest absolute Gasteiger partial charge is 0.292 e. The molecule has 130 valence electrons. The maximum atomic E-state index is 13.1. The number of nitrogens with zero attached hydrogens (tertiary/aromatic N) is 4. The molecule has 1 atom stereocenters. The summed E-state index contributed by atoms with van der Waals surface area (Å²) in [5.41, 5.74) is 8.11. The van der Waals surface area contributed by atoms with Crippen molar-refractivity contribution in [3.05, 3.63) is 17.1 Å². The van der Waals surface area contributed by atoms with Gasteiger partial charge in [-0.15, -0.1) is 0 Å². The second-order valence-corrected chi connectivity index (χ2v) is 7.71.